The van der Waals surface area contributed by atoms with E-state index in [1.165, 1.54) is 5.57 Å². The molecule has 0 spiro atoms. The second-order valence-corrected chi connectivity index (χ2v) is 4.16. The van der Waals surface area contributed by atoms with E-state index in [0.717, 1.165) is 25.1 Å². The molecule has 1 rings (SSSR count). The molecule has 0 aromatic heterocycles. The summed E-state index contributed by atoms with van der Waals surface area (Å²) in [5, 5.41) is 13.8. The third-order valence-electron chi connectivity index (χ3n) is 2.39. The number of non-ortho nitro benzene ring substituents is 1. The summed E-state index contributed by atoms with van der Waals surface area (Å²) in [6.07, 6.45) is 3.02. The molecule has 0 radical (unpaired) electrons. The summed E-state index contributed by atoms with van der Waals surface area (Å²) in [5.74, 6) is 0. The lowest BCUT2D eigenvalue weighted by atomic mass is 10.1. The van der Waals surface area contributed by atoms with Gasteiger partial charge in [0.1, 0.15) is 0 Å². The van der Waals surface area contributed by atoms with Crippen molar-refractivity contribution in [3.63, 3.8) is 0 Å². The summed E-state index contributed by atoms with van der Waals surface area (Å²) in [4.78, 5) is 10.1. The van der Waals surface area contributed by atoms with Crippen LogP contribution in [0, 0.1) is 10.1 Å². The van der Waals surface area contributed by atoms with Gasteiger partial charge in [-0.25, -0.2) is 0 Å². The van der Waals surface area contributed by atoms with Gasteiger partial charge in [0, 0.05) is 18.7 Å². The van der Waals surface area contributed by atoms with Gasteiger partial charge >= 0.3 is 0 Å². The van der Waals surface area contributed by atoms with E-state index in [2.05, 4.69) is 25.2 Å². The number of nitro benzene ring substituents is 1. The van der Waals surface area contributed by atoms with Gasteiger partial charge in [-0.1, -0.05) is 23.8 Å². The van der Waals surface area contributed by atoms with Crippen LogP contribution < -0.4 is 5.32 Å². The molecule has 0 aliphatic rings. The van der Waals surface area contributed by atoms with Crippen molar-refractivity contribution in [3.05, 3.63) is 51.6 Å². The van der Waals surface area contributed by atoms with Gasteiger partial charge in [0.05, 0.1) is 4.92 Å². The van der Waals surface area contributed by atoms with E-state index in [9.17, 15) is 10.1 Å². The molecule has 1 aromatic carbocycles. The van der Waals surface area contributed by atoms with Gasteiger partial charge in [-0.05, 0) is 32.4 Å². The van der Waals surface area contributed by atoms with Crippen molar-refractivity contribution in [2.45, 2.75) is 20.3 Å². The lowest BCUT2D eigenvalue weighted by Gasteiger charge is -2.02. The van der Waals surface area contributed by atoms with Crippen LogP contribution in [-0.2, 0) is 6.42 Å². The Morgan fingerprint density at radius 1 is 1.35 bits per heavy atom. The summed E-state index contributed by atoms with van der Waals surface area (Å²) in [7, 11) is 0. The van der Waals surface area contributed by atoms with Crippen LogP contribution in [0.25, 0.3) is 0 Å². The van der Waals surface area contributed by atoms with Gasteiger partial charge in [0.2, 0.25) is 0 Å². The molecule has 0 saturated heterocycles. The molecule has 0 heterocycles. The van der Waals surface area contributed by atoms with Gasteiger partial charge < -0.3 is 5.32 Å². The van der Waals surface area contributed by atoms with Crippen LogP contribution in [0.5, 0.6) is 0 Å². The summed E-state index contributed by atoms with van der Waals surface area (Å²) >= 11 is 0. The average molecular weight is 234 g/mol. The van der Waals surface area contributed by atoms with Gasteiger partial charge in [0.15, 0.2) is 0 Å². The van der Waals surface area contributed by atoms with E-state index < -0.39 is 0 Å². The summed E-state index contributed by atoms with van der Waals surface area (Å²) in [6, 6.07) is 6.71. The van der Waals surface area contributed by atoms with Crippen LogP contribution in [0.15, 0.2) is 35.9 Å². The van der Waals surface area contributed by atoms with Crippen LogP contribution >= 0.6 is 0 Å². The maximum Gasteiger partial charge on any atom is 0.269 e. The van der Waals surface area contributed by atoms with Crippen molar-refractivity contribution in [2.24, 2.45) is 0 Å². The van der Waals surface area contributed by atoms with Crippen LogP contribution in [0.4, 0.5) is 5.69 Å². The van der Waals surface area contributed by atoms with Crippen molar-refractivity contribution in [3.8, 4) is 0 Å². The number of rotatable bonds is 6. The first-order valence-corrected chi connectivity index (χ1v) is 5.67. The summed E-state index contributed by atoms with van der Waals surface area (Å²) in [6.45, 7) is 5.88. The Labute approximate surface area is 101 Å². The molecule has 0 atom stereocenters. The second-order valence-electron chi connectivity index (χ2n) is 4.16. The SMILES string of the molecule is CC(C)=CCNCCc1ccc([N+](=O)[O-])cc1. The van der Waals surface area contributed by atoms with E-state index in [1.54, 1.807) is 24.3 Å². The molecule has 92 valence electrons. The van der Waals surface area contributed by atoms with Crippen LogP contribution in [0.1, 0.15) is 19.4 Å². The fraction of sp³-hybridized carbons (Fsp3) is 0.385. The predicted octanol–water partition coefficient (Wildman–Crippen LogP) is 2.69. The quantitative estimate of drug-likeness (QED) is 0.356. The fourth-order valence-corrected chi connectivity index (χ4v) is 1.40. The molecule has 4 heteroatoms. The normalized spacial score (nSPS) is 10.0. The van der Waals surface area contributed by atoms with Crippen LogP contribution in [0.2, 0.25) is 0 Å². The topological polar surface area (TPSA) is 55.2 Å². The predicted molar refractivity (Wildman–Crippen MR) is 69.1 cm³/mol. The molecule has 1 aromatic rings. The minimum absolute atomic E-state index is 0.145. The lowest BCUT2D eigenvalue weighted by molar-refractivity contribution is -0.384. The third-order valence-corrected chi connectivity index (χ3v) is 2.39. The number of hydrogen-bond donors (Lipinski definition) is 1. The molecule has 0 aliphatic heterocycles. The Kier molecular flexibility index (Phi) is 5.36. The maximum atomic E-state index is 10.5. The molecule has 17 heavy (non-hydrogen) atoms. The first-order chi connectivity index (χ1) is 8.09. The van der Waals surface area contributed by atoms with Gasteiger partial charge in [-0.3, -0.25) is 10.1 Å². The van der Waals surface area contributed by atoms with Crippen molar-refractivity contribution in [1.29, 1.82) is 0 Å². The number of benzene rings is 1. The zero-order valence-corrected chi connectivity index (χ0v) is 10.3. The minimum Gasteiger partial charge on any atom is -0.313 e. The highest BCUT2D eigenvalue weighted by atomic mass is 16.6. The highest BCUT2D eigenvalue weighted by Crippen LogP contribution is 2.11. The van der Waals surface area contributed by atoms with E-state index in [0.29, 0.717) is 0 Å². The maximum absolute atomic E-state index is 10.5. The molecular formula is C13H18N2O2. The Morgan fingerprint density at radius 3 is 2.53 bits per heavy atom. The monoisotopic (exact) mass is 234 g/mol. The number of allylic oxidation sites excluding steroid dienone is 1. The number of nitro groups is 1. The minimum atomic E-state index is -0.378. The highest BCUT2D eigenvalue weighted by molar-refractivity contribution is 5.32. The summed E-state index contributed by atoms with van der Waals surface area (Å²) in [5.41, 5.74) is 2.55. The fourth-order valence-electron chi connectivity index (χ4n) is 1.40. The van der Waals surface area contributed by atoms with E-state index in [-0.39, 0.29) is 10.6 Å². The first kappa shape index (κ1) is 13.4. The van der Waals surface area contributed by atoms with Gasteiger partial charge in [0.25, 0.3) is 5.69 Å². The van der Waals surface area contributed by atoms with E-state index in [1.807, 2.05) is 0 Å². The van der Waals surface area contributed by atoms with Gasteiger partial charge in [-0.15, -0.1) is 0 Å². The highest BCUT2D eigenvalue weighted by Gasteiger charge is 2.03. The van der Waals surface area contributed by atoms with Crippen LogP contribution in [-0.4, -0.2) is 18.0 Å². The Bertz CT molecular complexity index is 392. The molecule has 0 saturated carbocycles. The molecule has 0 bridgehead atoms. The van der Waals surface area contributed by atoms with Crippen molar-refractivity contribution >= 4 is 5.69 Å². The average Bonchev–Trinajstić information content (AvgIpc) is 2.29. The number of nitrogens with one attached hydrogen (secondary N) is 1. The molecule has 0 fully saturated rings. The molecule has 0 aliphatic carbocycles. The Hall–Kier alpha value is -1.68. The zero-order chi connectivity index (χ0) is 12.7. The van der Waals surface area contributed by atoms with Crippen molar-refractivity contribution in [1.82, 2.24) is 5.32 Å². The summed E-state index contributed by atoms with van der Waals surface area (Å²) < 4.78 is 0. The zero-order valence-electron chi connectivity index (χ0n) is 10.3. The number of hydrogen-bond acceptors (Lipinski definition) is 3. The molecular weight excluding hydrogens is 216 g/mol. The Balaban J connectivity index is 2.32. The van der Waals surface area contributed by atoms with Gasteiger partial charge in [-0.2, -0.15) is 0 Å². The smallest absolute Gasteiger partial charge is 0.269 e. The molecule has 4 nitrogen and oxygen atoms in total. The van der Waals surface area contributed by atoms with Crippen LogP contribution in [0.3, 0.4) is 0 Å². The largest absolute Gasteiger partial charge is 0.313 e. The Morgan fingerprint density at radius 2 is 2.00 bits per heavy atom. The second kappa shape index (κ2) is 6.81. The van der Waals surface area contributed by atoms with Crippen molar-refractivity contribution in [2.75, 3.05) is 13.1 Å². The number of nitrogens with zero attached hydrogens (tertiary/aromatic N) is 1. The van der Waals surface area contributed by atoms with Crippen molar-refractivity contribution < 1.29 is 4.92 Å². The molecule has 0 unspecified atom stereocenters. The third kappa shape index (κ3) is 5.26. The standard InChI is InChI=1S/C13H18N2O2/c1-11(2)7-9-14-10-8-12-3-5-13(6-4-12)15(16)17/h3-7,14H,8-10H2,1-2H3. The lowest BCUT2D eigenvalue weighted by Crippen LogP contribution is -2.17. The molecule has 0 amide bonds. The van der Waals surface area contributed by atoms with E-state index in [4.69, 9.17) is 0 Å². The van der Waals surface area contributed by atoms with E-state index >= 15 is 0 Å². The molecule has 1 N–H and O–H groups in total. The first-order valence-electron chi connectivity index (χ1n) is 5.67.